The largest absolute Gasteiger partial charge is 0.350 e. The van der Waals surface area contributed by atoms with Gasteiger partial charge in [0.25, 0.3) is 21.8 Å². The maximum atomic E-state index is 13.2. The monoisotopic (exact) mass is 497 g/mol. The summed E-state index contributed by atoms with van der Waals surface area (Å²) in [7, 11) is -3.88. The molecule has 7 nitrogen and oxygen atoms in total. The third-order valence-corrected chi connectivity index (χ3v) is 7.62. The first-order valence-corrected chi connectivity index (χ1v) is 12.8. The van der Waals surface area contributed by atoms with Crippen LogP contribution in [0.5, 0.6) is 0 Å². The molecule has 1 aromatic heterocycles. The predicted octanol–water partition coefficient (Wildman–Crippen LogP) is 4.19. The van der Waals surface area contributed by atoms with Gasteiger partial charge in [0.05, 0.1) is 16.0 Å². The van der Waals surface area contributed by atoms with Crippen molar-refractivity contribution in [3.05, 3.63) is 114 Å². The van der Waals surface area contributed by atoms with Gasteiger partial charge in [-0.05, 0) is 41.1 Å². The number of benzene rings is 4. The summed E-state index contributed by atoms with van der Waals surface area (Å²) in [6.07, 6.45) is 1.34. The van der Waals surface area contributed by atoms with Gasteiger partial charge in [-0.25, -0.2) is 12.4 Å². The molecule has 0 radical (unpaired) electrons. The summed E-state index contributed by atoms with van der Waals surface area (Å²) in [5.74, 6) is -0.659. The van der Waals surface area contributed by atoms with E-state index in [-0.39, 0.29) is 29.5 Å². The third-order valence-electron chi connectivity index (χ3n) is 5.93. The summed E-state index contributed by atoms with van der Waals surface area (Å²) in [4.78, 5) is 25.6. The van der Waals surface area contributed by atoms with Crippen LogP contribution in [-0.4, -0.2) is 37.3 Å². The number of nitrogens with zero attached hydrogens (tertiary/aromatic N) is 1. The summed E-state index contributed by atoms with van der Waals surface area (Å²) >= 11 is 0. The highest BCUT2D eigenvalue weighted by molar-refractivity contribution is 7.90. The van der Waals surface area contributed by atoms with Crippen molar-refractivity contribution in [2.75, 3.05) is 13.1 Å². The Morgan fingerprint density at radius 2 is 1.33 bits per heavy atom. The molecule has 0 aliphatic rings. The summed E-state index contributed by atoms with van der Waals surface area (Å²) in [5, 5.41) is 8.12. The smallest absolute Gasteiger partial charge is 0.268 e. The molecule has 36 heavy (non-hydrogen) atoms. The Labute approximate surface area is 208 Å². The molecule has 0 saturated carbocycles. The van der Waals surface area contributed by atoms with Gasteiger partial charge in [0.2, 0.25) is 0 Å². The van der Waals surface area contributed by atoms with Crippen LogP contribution < -0.4 is 10.6 Å². The normalized spacial score (nSPS) is 11.4. The molecule has 0 aliphatic carbocycles. The Kier molecular flexibility index (Phi) is 6.26. The van der Waals surface area contributed by atoms with Gasteiger partial charge in [0.15, 0.2) is 0 Å². The molecule has 4 aromatic carbocycles. The number of fused-ring (bicyclic) bond motifs is 2. The molecule has 0 bridgehead atoms. The fourth-order valence-corrected chi connectivity index (χ4v) is 5.51. The van der Waals surface area contributed by atoms with E-state index in [2.05, 4.69) is 10.6 Å². The third kappa shape index (κ3) is 4.46. The number of carbonyl (C=O) groups excluding carboxylic acids is 2. The number of carbonyl (C=O) groups is 2. The van der Waals surface area contributed by atoms with Crippen molar-refractivity contribution >= 4 is 43.5 Å². The predicted molar refractivity (Wildman–Crippen MR) is 140 cm³/mol. The van der Waals surface area contributed by atoms with Crippen LogP contribution in [0.15, 0.2) is 108 Å². The molecule has 5 rings (SSSR count). The second-order valence-corrected chi connectivity index (χ2v) is 10.1. The van der Waals surface area contributed by atoms with E-state index in [1.807, 2.05) is 36.4 Å². The van der Waals surface area contributed by atoms with Crippen molar-refractivity contribution in [2.24, 2.45) is 0 Å². The number of nitrogens with one attached hydrogen (secondary N) is 2. The number of hydrogen-bond donors (Lipinski definition) is 2. The van der Waals surface area contributed by atoms with E-state index in [1.54, 1.807) is 48.5 Å². The van der Waals surface area contributed by atoms with Gasteiger partial charge < -0.3 is 10.6 Å². The molecule has 180 valence electrons. The minimum atomic E-state index is -3.88. The molecule has 8 heteroatoms. The van der Waals surface area contributed by atoms with Crippen molar-refractivity contribution in [3.63, 3.8) is 0 Å². The topological polar surface area (TPSA) is 97.3 Å². The number of rotatable bonds is 7. The minimum absolute atomic E-state index is 0.133. The molecular formula is C28H23N3O4S. The van der Waals surface area contributed by atoms with E-state index in [0.717, 1.165) is 14.7 Å². The van der Waals surface area contributed by atoms with Gasteiger partial charge in [-0.15, -0.1) is 0 Å². The molecule has 0 spiro atoms. The summed E-state index contributed by atoms with van der Waals surface area (Å²) in [6.45, 7) is 0.404. The molecule has 2 amide bonds. The summed E-state index contributed by atoms with van der Waals surface area (Å²) in [5.41, 5.74) is 1.19. The zero-order valence-corrected chi connectivity index (χ0v) is 20.0. The lowest BCUT2D eigenvalue weighted by molar-refractivity contribution is 0.0928. The Morgan fingerprint density at radius 3 is 2.11 bits per heavy atom. The van der Waals surface area contributed by atoms with Crippen LogP contribution in [0, 0.1) is 0 Å². The van der Waals surface area contributed by atoms with Crippen molar-refractivity contribution in [2.45, 2.75) is 4.90 Å². The van der Waals surface area contributed by atoms with Gasteiger partial charge in [0.1, 0.15) is 0 Å². The fourth-order valence-electron chi connectivity index (χ4n) is 4.12. The molecule has 2 N–H and O–H groups in total. The highest BCUT2D eigenvalue weighted by Crippen LogP contribution is 2.26. The Hall–Kier alpha value is -4.43. The van der Waals surface area contributed by atoms with E-state index < -0.39 is 15.9 Å². The summed E-state index contributed by atoms with van der Waals surface area (Å²) in [6, 6.07) is 28.2. The lowest BCUT2D eigenvalue weighted by atomic mass is 10.1. The second-order valence-electron chi connectivity index (χ2n) is 8.25. The standard InChI is InChI=1S/C28H23N3O4S/c32-27(22-15-14-20-8-4-5-9-21(20)18-22)29-16-17-30-28(33)25-19-31(26-13-7-6-12-24(25)26)36(34,35)23-10-2-1-3-11-23/h1-15,18-19H,16-17H2,(H,29,32)(H,30,33). The van der Waals surface area contributed by atoms with Crippen LogP contribution in [0.1, 0.15) is 20.7 Å². The first-order chi connectivity index (χ1) is 17.4. The van der Waals surface area contributed by atoms with Crippen LogP contribution in [0.3, 0.4) is 0 Å². The van der Waals surface area contributed by atoms with E-state index in [1.165, 1.54) is 18.3 Å². The first-order valence-electron chi connectivity index (χ1n) is 11.4. The minimum Gasteiger partial charge on any atom is -0.350 e. The van der Waals surface area contributed by atoms with Crippen LogP contribution >= 0.6 is 0 Å². The quantitative estimate of drug-likeness (QED) is 0.330. The molecule has 0 aliphatic heterocycles. The molecule has 0 unspecified atom stereocenters. The van der Waals surface area contributed by atoms with E-state index >= 15 is 0 Å². The average molecular weight is 498 g/mol. The Bertz CT molecular complexity index is 1690. The van der Waals surface area contributed by atoms with Crippen molar-refractivity contribution in [3.8, 4) is 0 Å². The van der Waals surface area contributed by atoms with E-state index in [4.69, 9.17) is 0 Å². The zero-order chi connectivity index (χ0) is 25.1. The zero-order valence-electron chi connectivity index (χ0n) is 19.2. The molecule has 0 fully saturated rings. The first kappa shape index (κ1) is 23.3. The molecule has 5 aromatic rings. The fraction of sp³-hybridized carbons (Fsp3) is 0.0714. The van der Waals surface area contributed by atoms with Crippen LogP contribution in [-0.2, 0) is 10.0 Å². The second kappa shape index (κ2) is 9.67. The van der Waals surface area contributed by atoms with Gasteiger partial charge in [-0.2, -0.15) is 0 Å². The molecule has 0 atom stereocenters. The van der Waals surface area contributed by atoms with Crippen molar-refractivity contribution in [1.29, 1.82) is 0 Å². The number of aromatic nitrogens is 1. The summed E-state index contributed by atoms with van der Waals surface area (Å²) < 4.78 is 27.6. The lowest BCUT2D eigenvalue weighted by Gasteiger charge is -2.08. The van der Waals surface area contributed by atoms with Gasteiger partial charge in [-0.1, -0.05) is 66.7 Å². The van der Waals surface area contributed by atoms with Crippen LogP contribution in [0.25, 0.3) is 21.7 Å². The highest BCUT2D eigenvalue weighted by atomic mass is 32.2. The maximum Gasteiger partial charge on any atom is 0.268 e. The van der Waals surface area contributed by atoms with E-state index in [0.29, 0.717) is 16.5 Å². The maximum absolute atomic E-state index is 13.2. The SMILES string of the molecule is O=C(NCCNC(=O)c1cn(S(=O)(=O)c2ccccc2)c2ccccc12)c1ccc2ccccc2c1. The number of hydrogen-bond acceptors (Lipinski definition) is 4. The Balaban J connectivity index is 1.28. The number of para-hydroxylation sites is 1. The molecule has 0 saturated heterocycles. The van der Waals surface area contributed by atoms with Crippen LogP contribution in [0.2, 0.25) is 0 Å². The molecular weight excluding hydrogens is 474 g/mol. The Morgan fingerprint density at radius 1 is 0.694 bits per heavy atom. The lowest BCUT2D eigenvalue weighted by Crippen LogP contribution is -2.34. The molecule has 1 heterocycles. The average Bonchev–Trinajstić information content (AvgIpc) is 3.32. The van der Waals surface area contributed by atoms with Gasteiger partial charge in [0, 0.05) is 30.2 Å². The van der Waals surface area contributed by atoms with Crippen molar-refractivity contribution < 1.29 is 18.0 Å². The van der Waals surface area contributed by atoms with Gasteiger partial charge >= 0.3 is 0 Å². The van der Waals surface area contributed by atoms with Gasteiger partial charge in [-0.3, -0.25) is 9.59 Å². The highest BCUT2D eigenvalue weighted by Gasteiger charge is 2.23. The van der Waals surface area contributed by atoms with Crippen LogP contribution in [0.4, 0.5) is 0 Å². The number of amides is 2. The van der Waals surface area contributed by atoms with E-state index in [9.17, 15) is 18.0 Å². The van der Waals surface area contributed by atoms with Crippen molar-refractivity contribution in [1.82, 2.24) is 14.6 Å².